The van der Waals surface area contributed by atoms with Crippen LogP contribution in [0.5, 0.6) is 23.0 Å². The molecule has 0 saturated carbocycles. The Morgan fingerprint density at radius 1 is 0.702 bits per heavy atom. The fourth-order valence-corrected chi connectivity index (χ4v) is 4.40. The average molecular weight is 772 g/mol. The molecule has 47 heavy (non-hydrogen) atoms. The van der Waals surface area contributed by atoms with Gasteiger partial charge in [0, 0.05) is 12.3 Å². The minimum atomic E-state index is -0.881. The van der Waals surface area contributed by atoms with Gasteiger partial charge in [-0.15, -0.1) is 0 Å². The van der Waals surface area contributed by atoms with Crippen LogP contribution in [0.4, 0.5) is 0 Å². The number of carboxylic acids is 2. The van der Waals surface area contributed by atoms with Crippen LogP contribution in [0.1, 0.15) is 35.1 Å². The average Bonchev–Trinajstić information content (AvgIpc) is 3.04. The molecule has 0 aromatic heterocycles. The molecule has 2 unspecified atom stereocenters. The van der Waals surface area contributed by atoms with Crippen molar-refractivity contribution >= 4 is 61.9 Å². The SMILES string of the molecule is C=Cc1ccc(O)cc1.C=Cc1ccc(OC(C)=O)cc1.O=C(O)C(Br)Cc1ccc(O)cc1.O=C(O)C(CBr)c1ccc(O)cc1. The lowest BCUT2D eigenvalue weighted by atomic mass is 10.0. The summed E-state index contributed by atoms with van der Waals surface area (Å²) in [7, 11) is 0. The summed E-state index contributed by atoms with van der Waals surface area (Å²) in [5.74, 6) is -1.43. The molecule has 0 radical (unpaired) electrons. The summed E-state index contributed by atoms with van der Waals surface area (Å²) in [6, 6.07) is 26.7. The first-order chi connectivity index (χ1) is 22.3. The molecular formula is C36H36Br2O9. The number of phenols is 3. The van der Waals surface area contributed by atoms with E-state index in [-0.39, 0.29) is 17.5 Å². The van der Waals surface area contributed by atoms with Gasteiger partial charge in [-0.2, -0.15) is 0 Å². The number of carboxylic acid groups (broad SMARTS) is 2. The van der Waals surface area contributed by atoms with Gasteiger partial charge in [0.15, 0.2) is 0 Å². The molecule has 0 aliphatic heterocycles. The lowest BCUT2D eigenvalue weighted by molar-refractivity contribution is -0.138. The highest BCUT2D eigenvalue weighted by molar-refractivity contribution is 9.10. The number of aromatic hydroxyl groups is 3. The van der Waals surface area contributed by atoms with Gasteiger partial charge < -0.3 is 30.3 Å². The lowest BCUT2D eigenvalue weighted by Crippen LogP contribution is -2.15. The van der Waals surface area contributed by atoms with Gasteiger partial charge >= 0.3 is 17.9 Å². The zero-order chi connectivity index (χ0) is 35.4. The normalized spacial score (nSPS) is 10.9. The Labute approximate surface area is 290 Å². The topological polar surface area (TPSA) is 162 Å². The number of aliphatic carboxylic acids is 2. The zero-order valence-electron chi connectivity index (χ0n) is 25.5. The maximum absolute atomic E-state index is 10.7. The minimum Gasteiger partial charge on any atom is -0.508 e. The van der Waals surface area contributed by atoms with Crippen LogP contribution in [-0.4, -0.2) is 53.6 Å². The third-order valence-electron chi connectivity index (χ3n) is 5.87. The summed E-state index contributed by atoms with van der Waals surface area (Å²) in [5, 5.41) is 44.6. The Balaban J connectivity index is 0.000000316. The standard InChI is InChI=1S/C10H10O2.2C9H9BrO3.C8H8O/c1-3-9-4-6-10(7-5-9)12-8(2)11;10-5-8(9(12)13)6-1-3-7(11)4-2-6;10-8(9(12)13)5-6-1-3-7(11)4-2-6;1-2-7-3-5-8(9)6-4-7/h3-7H,1H2,2H3;2*1-4,8,11H,5H2,(H,12,13);2-6,9H,1H2. The van der Waals surface area contributed by atoms with Crippen LogP contribution < -0.4 is 4.74 Å². The Hall–Kier alpha value is -4.87. The molecule has 4 rings (SSSR count). The first-order valence-corrected chi connectivity index (χ1v) is 15.9. The van der Waals surface area contributed by atoms with Gasteiger partial charge in [-0.05, 0) is 77.2 Å². The molecular weight excluding hydrogens is 736 g/mol. The van der Waals surface area contributed by atoms with Crippen molar-refractivity contribution in [3.05, 3.63) is 132 Å². The summed E-state index contributed by atoms with van der Waals surface area (Å²) in [4.78, 5) is 31.2. The predicted octanol–water partition coefficient (Wildman–Crippen LogP) is 8.03. The zero-order valence-corrected chi connectivity index (χ0v) is 28.7. The molecule has 0 fully saturated rings. The van der Waals surface area contributed by atoms with Crippen molar-refractivity contribution in [2.45, 2.75) is 24.1 Å². The summed E-state index contributed by atoms with van der Waals surface area (Å²) < 4.78 is 4.84. The second-order valence-electron chi connectivity index (χ2n) is 9.48. The Morgan fingerprint density at radius 2 is 1.11 bits per heavy atom. The van der Waals surface area contributed by atoms with Crippen molar-refractivity contribution in [3.8, 4) is 23.0 Å². The van der Waals surface area contributed by atoms with Crippen molar-refractivity contribution in [1.29, 1.82) is 0 Å². The van der Waals surface area contributed by atoms with E-state index in [2.05, 4.69) is 45.0 Å². The van der Waals surface area contributed by atoms with Gasteiger partial charge in [0.25, 0.3) is 0 Å². The van der Waals surface area contributed by atoms with E-state index in [9.17, 15) is 14.4 Å². The van der Waals surface area contributed by atoms with Crippen LogP contribution in [0.3, 0.4) is 0 Å². The quantitative estimate of drug-likeness (QED) is 0.0645. The maximum Gasteiger partial charge on any atom is 0.317 e. The molecule has 5 N–H and O–H groups in total. The third-order valence-corrected chi connectivity index (χ3v) is 7.24. The van der Waals surface area contributed by atoms with Gasteiger partial charge in [0.2, 0.25) is 0 Å². The number of esters is 1. The number of halogens is 2. The summed E-state index contributed by atoms with van der Waals surface area (Å²) in [6.45, 7) is 8.57. The fraction of sp³-hybridized carbons (Fsp3) is 0.139. The van der Waals surface area contributed by atoms with Crippen molar-refractivity contribution in [2.24, 2.45) is 0 Å². The monoisotopic (exact) mass is 770 g/mol. The molecule has 0 heterocycles. The van der Waals surface area contributed by atoms with Gasteiger partial charge in [-0.1, -0.05) is 106 Å². The second kappa shape index (κ2) is 21.8. The Kier molecular flexibility index (Phi) is 18.6. The van der Waals surface area contributed by atoms with Gasteiger partial charge in [0.1, 0.15) is 27.8 Å². The van der Waals surface area contributed by atoms with E-state index in [1.165, 1.54) is 31.2 Å². The van der Waals surface area contributed by atoms with Crippen LogP contribution in [0, 0.1) is 0 Å². The number of hydrogen-bond donors (Lipinski definition) is 5. The number of ether oxygens (including phenoxy) is 1. The number of carbonyl (C=O) groups excluding carboxylic acids is 1. The lowest BCUT2D eigenvalue weighted by Gasteiger charge is -2.08. The molecule has 4 aromatic carbocycles. The minimum absolute atomic E-state index is 0.141. The highest BCUT2D eigenvalue weighted by Crippen LogP contribution is 2.21. The van der Waals surface area contributed by atoms with Gasteiger partial charge in [0.05, 0.1) is 5.92 Å². The Bertz CT molecular complexity index is 1550. The van der Waals surface area contributed by atoms with E-state index in [0.717, 1.165) is 16.7 Å². The van der Waals surface area contributed by atoms with Crippen LogP contribution >= 0.6 is 31.9 Å². The van der Waals surface area contributed by atoms with E-state index in [4.69, 9.17) is 30.3 Å². The van der Waals surface area contributed by atoms with Crippen molar-refractivity contribution < 1.29 is 44.7 Å². The molecule has 2 atom stereocenters. The number of phenolic OH excluding ortho intramolecular Hbond substituents is 3. The first kappa shape index (κ1) is 40.2. The smallest absolute Gasteiger partial charge is 0.317 e. The summed E-state index contributed by atoms with van der Waals surface area (Å²) >= 11 is 6.16. The Morgan fingerprint density at radius 3 is 1.47 bits per heavy atom. The molecule has 0 aliphatic rings. The van der Waals surface area contributed by atoms with Gasteiger partial charge in [-0.25, -0.2) is 0 Å². The van der Waals surface area contributed by atoms with Gasteiger partial charge in [-0.3, -0.25) is 14.4 Å². The van der Waals surface area contributed by atoms with E-state index >= 15 is 0 Å². The molecule has 0 spiro atoms. The molecule has 9 nitrogen and oxygen atoms in total. The molecule has 0 amide bonds. The number of benzene rings is 4. The molecule has 0 saturated heterocycles. The van der Waals surface area contributed by atoms with Crippen molar-refractivity contribution in [3.63, 3.8) is 0 Å². The molecule has 11 heteroatoms. The molecule has 0 aliphatic carbocycles. The van der Waals surface area contributed by atoms with E-state index in [1.54, 1.807) is 60.7 Å². The van der Waals surface area contributed by atoms with E-state index < -0.39 is 22.7 Å². The number of alkyl halides is 2. The number of rotatable bonds is 9. The fourth-order valence-electron chi connectivity index (χ4n) is 3.38. The highest BCUT2D eigenvalue weighted by Gasteiger charge is 2.17. The first-order valence-electron chi connectivity index (χ1n) is 13.8. The van der Waals surface area contributed by atoms with Crippen molar-refractivity contribution in [1.82, 2.24) is 0 Å². The van der Waals surface area contributed by atoms with Crippen LogP contribution in [0.25, 0.3) is 12.2 Å². The van der Waals surface area contributed by atoms with Crippen molar-refractivity contribution in [2.75, 3.05) is 5.33 Å². The van der Waals surface area contributed by atoms with E-state index in [0.29, 0.717) is 28.8 Å². The van der Waals surface area contributed by atoms with Crippen LogP contribution in [0.15, 0.2) is 110 Å². The molecule has 4 aromatic rings. The van der Waals surface area contributed by atoms with Crippen LogP contribution in [0.2, 0.25) is 0 Å². The van der Waals surface area contributed by atoms with Crippen LogP contribution in [-0.2, 0) is 20.8 Å². The number of carbonyl (C=O) groups is 3. The second-order valence-corrected chi connectivity index (χ2v) is 11.2. The number of hydrogen-bond acceptors (Lipinski definition) is 7. The molecule has 248 valence electrons. The largest absolute Gasteiger partial charge is 0.508 e. The highest BCUT2D eigenvalue weighted by atomic mass is 79.9. The van der Waals surface area contributed by atoms with E-state index in [1.807, 2.05) is 24.3 Å². The third kappa shape index (κ3) is 16.9. The summed E-state index contributed by atoms with van der Waals surface area (Å²) in [5.41, 5.74) is 3.59. The maximum atomic E-state index is 10.7. The molecule has 0 bridgehead atoms. The predicted molar refractivity (Wildman–Crippen MR) is 190 cm³/mol. The summed E-state index contributed by atoms with van der Waals surface area (Å²) in [6.07, 6.45) is 3.88.